The van der Waals surface area contributed by atoms with Gasteiger partial charge in [0.05, 0.1) is 0 Å². The normalized spacial score (nSPS) is 11.2. The minimum Gasteiger partial charge on any atom is -0.478 e. The number of carboxylic acids is 1. The molecular weight excluding hydrogens is 296 g/mol. The van der Waals surface area contributed by atoms with Gasteiger partial charge in [-0.05, 0) is 53.3 Å². The van der Waals surface area contributed by atoms with E-state index in [-0.39, 0.29) is 5.41 Å². The van der Waals surface area contributed by atoms with E-state index in [9.17, 15) is 4.79 Å². The number of hydrogen-bond donors (Lipinski definition) is 1. The second-order valence-corrected chi connectivity index (χ2v) is 6.82. The molecule has 0 aliphatic rings. The molecule has 0 aliphatic heterocycles. The van der Waals surface area contributed by atoms with Crippen molar-refractivity contribution in [3.63, 3.8) is 0 Å². The minimum atomic E-state index is -0.951. The van der Waals surface area contributed by atoms with Crippen LogP contribution in [0.25, 0.3) is 6.08 Å². The summed E-state index contributed by atoms with van der Waals surface area (Å²) >= 11 is 0. The lowest BCUT2D eigenvalue weighted by molar-refractivity contribution is -0.131. The van der Waals surface area contributed by atoms with Crippen molar-refractivity contribution in [2.24, 2.45) is 0 Å². The first-order valence-electron chi connectivity index (χ1n) is 7.90. The molecule has 0 aromatic heterocycles. The number of carboxylic acid groups (broad SMARTS) is 1. The van der Waals surface area contributed by atoms with Crippen molar-refractivity contribution in [2.75, 3.05) is 0 Å². The number of rotatable bonds is 2. The summed E-state index contributed by atoms with van der Waals surface area (Å²) < 4.78 is 0. The van der Waals surface area contributed by atoms with E-state index in [0.717, 1.165) is 28.3 Å². The largest absolute Gasteiger partial charge is 0.478 e. The van der Waals surface area contributed by atoms with Crippen LogP contribution in [0, 0.1) is 18.8 Å². The Morgan fingerprint density at radius 3 is 2.29 bits per heavy atom. The molecule has 0 aliphatic carbocycles. The first-order chi connectivity index (χ1) is 11.3. The van der Waals surface area contributed by atoms with Crippen LogP contribution < -0.4 is 0 Å². The van der Waals surface area contributed by atoms with Crippen LogP contribution >= 0.6 is 0 Å². The summed E-state index contributed by atoms with van der Waals surface area (Å²) in [5.74, 6) is 5.48. The third-order valence-corrected chi connectivity index (χ3v) is 3.77. The fourth-order valence-corrected chi connectivity index (χ4v) is 2.21. The molecule has 2 nitrogen and oxygen atoms in total. The summed E-state index contributed by atoms with van der Waals surface area (Å²) in [4.78, 5) is 10.5. The first kappa shape index (κ1) is 17.6. The first-order valence-corrected chi connectivity index (χ1v) is 7.90. The van der Waals surface area contributed by atoms with Gasteiger partial charge in [-0.2, -0.15) is 0 Å². The molecule has 1 N–H and O–H groups in total. The Morgan fingerprint density at radius 2 is 1.71 bits per heavy atom. The molecule has 0 saturated carbocycles. The number of carbonyl (C=O) groups is 1. The molecule has 2 rings (SSSR count). The zero-order valence-corrected chi connectivity index (χ0v) is 14.6. The average Bonchev–Trinajstić information content (AvgIpc) is 2.52. The second-order valence-electron chi connectivity index (χ2n) is 6.82. The molecule has 0 saturated heterocycles. The van der Waals surface area contributed by atoms with Gasteiger partial charge in [0, 0.05) is 17.2 Å². The Balaban J connectivity index is 2.25. The monoisotopic (exact) mass is 318 g/mol. The van der Waals surface area contributed by atoms with Gasteiger partial charge in [-0.3, -0.25) is 0 Å². The number of aliphatic carboxylic acids is 1. The van der Waals surface area contributed by atoms with Crippen molar-refractivity contribution in [3.05, 3.63) is 76.4 Å². The van der Waals surface area contributed by atoms with Crippen molar-refractivity contribution >= 4 is 12.0 Å². The Bertz CT molecular complexity index is 823. The summed E-state index contributed by atoms with van der Waals surface area (Å²) in [6.07, 6.45) is 2.69. The number of hydrogen-bond acceptors (Lipinski definition) is 1. The van der Waals surface area contributed by atoms with Crippen LogP contribution in [0.15, 0.2) is 48.5 Å². The highest BCUT2D eigenvalue weighted by Crippen LogP contribution is 2.24. The Kier molecular flexibility index (Phi) is 5.26. The highest BCUT2D eigenvalue weighted by atomic mass is 16.4. The van der Waals surface area contributed by atoms with Gasteiger partial charge in [-0.1, -0.05) is 56.9 Å². The van der Waals surface area contributed by atoms with Crippen molar-refractivity contribution in [1.29, 1.82) is 0 Å². The van der Waals surface area contributed by atoms with Crippen LogP contribution in [0.1, 0.15) is 48.6 Å². The van der Waals surface area contributed by atoms with E-state index in [4.69, 9.17) is 5.11 Å². The molecular formula is C22H22O2. The van der Waals surface area contributed by atoms with Gasteiger partial charge in [-0.15, -0.1) is 0 Å². The number of aryl methyl sites for hydroxylation is 1. The summed E-state index contributed by atoms with van der Waals surface area (Å²) in [5.41, 5.74) is 5.32. The van der Waals surface area contributed by atoms with Crippen LogP contribution in [0.2, 0.25) is 0 Å². The van der Waals surface area contributed by atoms with Crippen LogP contribution in [0.4, 0.5) is 0 Å². The lowest BCUT2D eigenvalue weighted by Crippen LogP contribution is -2.11. The summed E-state index contributed by atoms with van der Waals surface area (Å²) in [6.45, 7) is 8.64. The maximum absolute atomic E-state index is 10.5. The van der Waals surface area contributed by atoms with E-state index in [1.54, 1.807) is 6.08 Å². The Labute approximate surface area is 143 Å². The van der Waals surface area contributed by atoms with E-state index < -0.39 is 5.97 Å². The molecule has 0 heterocycles. The van der Waals surface area contributed by atoms with Gasteiger partial charge in [0.25, 0.3) is 0 Å². The molecule has 24 heavy (non-hydrogen) atoms. The molecule has 2 aromatic rings. The van der Waals surface area contributed by atoms with Crippen molar-refractivity contribution in [3.8, 4) is 11.8 Å². The smallest absolute Gasteiger partial charge is 0.328 e. The molecule has 0 spiro atoms. The zero-order valence-electron chi connectivity index (χ0n) is 14.6. The third-order valence-electron chi connectivity index (χ3n) is 3.77. The van der Waals surface area contributed by atoms with E-state index in [1.807, 2.05) is 24.3 Å². The van der Waals surface area contributed by atoms with Crippen molar-refractivity contribution in [2.45, 2.75) is 33.1 Å². The lowest BCUT2D eigenvalue weighted by atomic mass is 9.85. The van der Waals surface area contributed by atoms with Crippen molar-refractivity contribution in [1.82, 2.24) is 0 Å². The Hall–Kier alpha value is -2.79. The van der Waals surface area contributed by atoms with E-state index >= 15 is 0 Å². The van der Waals surface area contributed by atoms with Gasteiger partial charge in [-0.25, -0.2) is 4.79 Å². The molecule has 0 atom stereocenters. The van der Waals surface area contributed by atoms with Crippen molar-refractivity contribution < 1.29 is 9.90 Å². The maximum Gasteiger partial charge on any atom is 0.328 e. The predicted molar refractivity (Wildman–Crippen MR) is 99.0 cm³/mol. The second kappa shape index (κ2) is 7.19. The minimum absolute atomic E-state index is 0.0995. The predicted octanol–water partition coefficient (Wildman–Crippen LogP) is 4.79. The summed E-state index contributed by atoms with van der Waals surface area (Å²) in [6, 6.07) is 14.0. The molecule has 0 bridgehead atoms. The van der Waals surface area contributed by atoms with Crippen LogP contribution in [0.3, 0.4) is 0 Å². The lowest BCUT2D eigenvalue weighted by Gasteiger charge is -2.19. The van der Waals surface area contributed by atoms with Crippen LogP contribution in [-0.2, 0) is 10.2 Å². The Morgan fingerprint density at radius 1 is 1.04 bits per heavy atom. The number of benzene rings is 2. The third kappa shape index (κ3) is 4.86. The highest BCUT2D eigenvalue weighted by molar-refractivity contribution is 5.85. The van der Waals surface area contributed by atoms with E-state index in [1.165, 1.54) is 5.56 Å². The van der Waals surface area contributed by atoms with Gasteiger partial charge < -0.3 is 5.11 Å². The zero-order chi connectivity index (χ0) is 17.7. The average molecular weight is 318 g/mol. The highest BCUT2D eigenvalue weighted by Gasteiger charge is 2.14. The molecule has 2 heteroatoms. The molecule has 0 fully saturated rings. The molecule has 0 radical (unpaired) electrons. The van der Waals surface area contributed by atoms with Gasteiger partial charge in [0.2, 0.25) is 0 Å². The fraction of sp³-hybridized carbons (Fsp3) is 0.227. The molecule has 0 unspecified atom stereocenters. The molecule has 122 valence electrons. The van der Waals surface area contributed by atoms with Gasteiger partial charge in [0.15, 0.2) is 0 Å². The quantitative estimate of drug-likeness (QED) is 0.638. The SMILES string of the molecule is Cc1ccc(C(C)(C)C)cc1C#Cc1ccc(C=CC(=O)O)cc1. The van der Waals surface area contributed by atoms with E-state index in [2.05, 4.69) is 57.7 Å². The van der Waals surface area contributed by atoms with E-state index in [0.29, 0.717) is 0 Å². The topological polar surface area (TPSA) is 37.3 Å². The summed E-state index contributed by atoms with van der Waals surface area (Å²) in [7, 11) is 0. The maximum atomic E-state index is 10.5. The van der Waals surface area contributed by atoms with Gasteiger partial charge in [0.1, 0.15) is 0 Å². The summed E-state index contributed by atoms with van der Waals surface area (Å²) in [5, 5.41) is 8.64. The van der Waals surface area contributed by atoms with Crippen LogP contribution in [-0.4, -0.2) is 11.1 Å². The fourth-order valence-electron chi connectivity index (χ4n) is 2.21. The van der Waals surface area contributed by atoms with Gasteiger partial charge >= 0.3 is 5.97 Å². The molecule has 2 aromatic carbocycles. The molecule has 0 amide bonds. The standard InChI is InChI=1S/C22H22O2/c1-16-5-13-20(22(2,3)4)15-19(16)12-10-17-6-8-18(9-7-17)11-14-21(23)24/h5-9,11,13-15H,1-4H3,(H,23,24). The van der Waals surface area contributed by atoms with Crippen LogP contribution in [0.5, 0.6) is 0 Å².